The summed E-state index contributed by atoms with van der Waals surface area (Å²) in [6, 6.07) is 1.27. The summed E-state index contributed by atoms with van der Waals surface area (Å²) in [5.74, 6) is -0.823. The van der Waals surface area contributed by atoms with E-state index in [-0.39, 0.29) is 36.4 Å². The summed E-state index contributed by atoms with van der Waals surface area (Å²) in [6.45, 7) is 3.06. The highest BCUT2D eigenvalue weighted by Gasteiger charge is 2.27. The molecule has 1 N–H and O–H groups in total. The van der Waals surface area contributed by atoms with Crippen molar-refractivity contribution < 1.29 is 29.0 Å². The number of carboxylic acid groups (broad SMARTS) is 1. The zero-order chi connectivity index (χ0) is 15.4. The van der Waals surface area contributed by atoms with Crippen LogP contribution in [0.1, 0.15) is 23.8 Å². The molecule has 1 aliphatic rings. The van der Waals surface area contributed by atoms with Gasteiger partial charge < -0.3 is 19.5 Å². The van der Waals surface area contributed by atoms with Crippen molar-refractivity contribution in [2.75, 3.05) is 19.7 Å². The maximum absolute atomic E-state index is 12.2. The summed E-state index contributed by atoms with van der Waals surface area (Å²) in [6.07, 6.45) is -1.37. The first kappa shape index (κ1) is 14.8. The first-order chi connectivity index (χ1) is 10.0. The van der Waals surface area contributed by atoms with Crippen LogP contribution < -0.4 is 4.74 Å². The van der Waals surface area contributed by atoms with E-state index in [1.54, 1.807) is 6.92 Å². The van der Waals surface area contributed by atoms with Crippen molar-refractivity contribution in [1.29, 1.82) is 0 Å². The van der Waals surface area contributed by atoms with Crippen molar-refractivity contribution in [2.45, 2.75) is 19.9 Å². The molecule has 0 saturated carbocycles. The van der Waals surface area contributed by atoms with Crippen LogP contribution in [0.15, 0.2) is 6.07 Å². The van der Waals surface area contributed by atoms with Crippen LogP contribution in [0.5, 0.6) is 5.88 Å². The van der Waals surface area contributed by atoms with E-state index < -0.39 is 6.16 Å². The zero-order valence-electron chi connectivity index (χ0n) is 11.4. The Hall–Kier alpha value is -2.58. The minimum absolute atomic E-state index is 0.117. The average Bonchev–Trinajstić information content (AvgIpc) is 2.81. The smallest absolute Gasteiger partial charge is 0.466 e. The highest BCUT2D eigenvalue weighted by molar-refractivity contribution is 5.93. The summed E-state index contributed by atoms with van der Waals surface area (Å²) in [7, 11) is 0. The van der Waals surface area contributed by atoms with Gasteiger partial charge in [0.1, 0.15) is 5.69 Å². The first-order valence-electron chi connectivity index (χ1n) is 6.44. The Morgan fingerprint density at radius 3 is 2.86 bits per heavy atom. The van der Waals surface area contributed by atoms with Gasteiger partial charge in [-0.25, -0.2) is 4.79 Å². The molecule has 1 aliphatic heterocycles. The van der Waals surface area contributed by atoms with Gasteiger partial charge in [0.2, 0.25) is 5.88 Å². The number of esters is 1. The van der Waals surface area contributed by atoms with Gasteiger partial charge in [-0.05, 0) is 6.92 Å². The Balaban J connectivity index is 2.01. The second-order valence-electron chi connectivity index (χ2n) is 4.31. The Bertz CT molecular complexity index is 567. The van der Waals surface area contributed by atoms with Crippen LogP contribution in [-0.4, -0.2) is 57.5 Å². The fraction of sp³-hybridized carbons (Fsp3) is 0.500. The lowest BCUT2D eigenvalue weighted by molar-refractivity contribution is -0.143. The van der Waals surface area contributed by atoms with E-state index in [1.807, 2.05) is 0 Å². The highest BCUT2D eigenvalue weighted by Crippen LogP contribution is 2.18. The average molecular weight is 297 g/mol. The molecule has 2 rings (SSSR count). The lowest BCUT2D eigenvalue weighted by Gasteiger charge is -2.26. The predicted molar refractivity (Wildman–Crippen MR) is 68.0 cm³/mol. The van der Waals surface area contributed by atoms with E-state index in [4.69, 9.17) is 9.84 Å². The molecule has 21 heavy (non-hydrogen) atoms. The van der Waals surface area contributed by atoms with E-state index in [9.17, 15) is 14.4 Å². The molecule has 1 amide bonds. The molecule has 9 nitrogen and oxygen atoms in total. The standard InChI is InChI=1S/C12H15N3O6/c1-2-20-10(16)3-4-14-5-6-15-8(11(14)17)7-9(13-15)21-12(18)19/h7H,2-6H2,1H3,(H,18,19). The number of carbonyl (C=O) groups excluding carboxylic acids is 2. The highest BCUT2D eigenvalue weighted by atomic mass is 16.7. The van der Waals surface area contributed by atoms with E-state index >= 15 is 0 Å². The van der Waals surface area contributed by atoms with Gasteiger partial charge in [-0.3, -0.25) is 14.3 Å². The van der Waals surface area contributed by atoms with Crippen molar-refractivity contribution in [3.8, 4) is 5.88 Å². The number of rotatable bonds is 5. The third-order valence-corrected chi connectivity index (χ3v) is 2.93. The molecule has 0 atom stereocenters. The minimum Gasteiger partial charge on any atom is -0.466 e. The van der Waals surface area contributed by atoms with Gasteiger partial charge in [0.15, 0.2) is 0 Å². The van der Waals surface area contributed by atoms with Gasteiger partial charge in [0, 0.05) is 19.2 Å². The number of amides is 1. The van der Waals surface area contributed by atoms with Gasteiger partial charge in [-0.2, -0.15) is 0 Å². The van der Waals surface area contributed by atoms with Crippen LogP contribution >= 0.6 is 0 Å². The number of nitrogens with zero attached hydrogens (tertiary/aromatic N) is 3. The molecule has 0 bridgehead atoms. The fourth-order valence-corrected chi connectivity index (χ4v) is 2.03. The molecule has 0 spiro atoms. The van der Waals surface area contributed by atoms with Crippen molar-refractivity contribution in [2.24, 2.45) is 0 Å². The van der Waals surface area contributed by atoms with Crippen LogP contribution in [-0.2, 0) is 16.1 Å². The van der Waals surface area contributed by atoms with Gasteiger partial charge in [0.25, 0.3) is 5.91 Å². The van der Waals surface area contributed by atoms with Crippen molar-refractivity contribution in [3.05, 3.63) is 11.8 Å². The molecule has 1 aromatic rings. The first-order valence-corrected chi connectivity index (χ1v) is 6.44. The normalized spacial score (nSPS) is 13.8. The molecule has 0 aromatic carbocycles. The number of fused-ring (bicyclic) bond motifs is 1. The Morgan fingerprint density at radius 1 is 1.43 bits per heavy atom. The number of carbonyl (C=O) groups is 3. The van der Waals surface area contributed by atoms with E-state index in [1.165, 1.54) is 15.6 Å². The van der Waals surface area contributed by atoms with Crippen molar-refractivity contribution in [1.82, 2.24) is 14.7 Å². The molecule has 0 aliphatic carbocycles. The minimum atomic E-state index is -1.49. The Kier molecular flexibility index (Phi) is 4.41. The summed E-state index contributed by atoms with van der Waals surface area (Å²) in [5.41, 5.74) is 0.237. The monoisotopic (exact) mass is 297 g/mol. The van der Waals surface area contributed by atoms with Gasteiger partial charge in [-0.15, -0.1) is 5.10 Å². The molecule has 0 fully saturated rings. The van der Waals surface area contributed by atoms with E-state index in [0.717, 1.165) is 0 Å². The topological polar surface area (TPSA) is 111 Å². The number of aromatic nitrogens is 2. The van der Waals surface area contributed by atoms with Crippen LogP contribution in [0.3, 0.4) is 0 Å². The van der Waals surface area contributed by atoms with Crippen molar-refractivity contribution >= 4 is 18.0 Å². The van der Waals surface area contributed by atoms with Gasteiger partial charge in [-0.1, -0.05) is 0 Å². The molecule has 114 valence electrons. The summed E-state index contributed by atoms with van der Waals surface area (Å²) >= 11 is 0. The molecule has 0 saturated heterocycles. The van der Waals surface area contributed by atoms with Gasteiger partial charge in [0.05, 0.1) is 19.6 Å². The Labute approximate surface area is 120 Å². The molecular formula is C12H15N3O6. The summed E-state index contributed by atoms with van der Waals surface area (Å²) in [5, 5.41) is 12.4. The number of hydrogen-bond donors (Lipinski definition) is 1. The quantitative estimate of drug-likeness (QED) is 0.780. The second-order valence-corrected chi connectivity index (χ2v) is 4.31. The van der Waals surface area contributed by atoms with Crippen LogP contribution in [0.2, 0.25) is 0 Å². The lowest BCUT2D eigenvalue weighted by Crippen LogP contribution is -2.41. The third-order valence-electron chi connectivity index (χ3n) is 2.93. The molecule has 0 radical (unpaired) electrons. The maximum atomic E-state index is 12.2. The fourth-order valence-electron chi connectivity index (χ4n) is 2.03. The molecule has 2 heterocycles. The Morgan fingerprint density at radius 2 is 2.19 bits per heavy atom. The molecule has 1 aromatic heterocycles. The summed E-state index contributed by atoms with van der Waals surface area (Å²) < 4.78 is 10.6. The van der Waals surface area contributed by atoms with E-state index in [2.05, 4.69) is 9.84 Å². The number of ether oxygens (including phenoxy) is 2. The predicted octanol–water partition coefficient (Wildman–Crippen LogP) is 0.349. The van der Waals surface area contributed by atoms with Crippen LogP contribution in [0.4, 0.5) is 4.79 Å². The van der Waals surface area contributed by atoms with Crippen LogP contribution in [0, 0.1) is 0 Å². The SMILES string of the molecule is CCOC(=O)CCN1CCn2nc(OC(=O)O)cc2C1=O. The summed E-state index contributed by atoms with van der Waals surface area (Å²) in [4.78, 5) is 35.4. The molecule has 0 unspecified atom stereocenters. The molecular weight excluding hydrogens is 282 g/mol. The van der Waals surface area contributed by atoms with Crippen molar-refractivity contribution in [3.63, 3.8) is 0 Å². The van der Waals surface area contributed by atoms with E-state index in [0.29, 0.717) is 19.7 Å². The lowest BCUT2D eigenvalue weighted by atomic mass is 10.2. The van der Waals surface area contributed by atoms with Crippen LogP contribution in [0.25, 0.3) is 0 Å². The third kappa shape index (κ3) is 3.50. The largest absolute Gasteiger partial charge is 0.512 e. The number of hydrogen-bond acceptors (Lipinski definition) is 6. The zero-order valence-corrected chi connectivity index (χ0v) is 11.4. The van der Waals surface area contributed by atoms with Gasteiger partial charge >= 0.3 is 12.1 Å². The maximum Gasteiger partial charge on any atom is 0.512 e. The molecule has 9 heteroatoms. The second kappa shape index (κ2) is 6.25.